The van der Waals surface area contributed by atoms with Gasteiger partial charge in [-0.25, -0.2) is 4.68 Å². The van der Waals surface area contributed by atoms with Crippen LogP contribution < -0.4 is 14.8 Å². The summed E-state index contributed by atoms with van der Waals surface area (Å²) in [6.07, 6.45) is 1.45. The molecule has 1 amide bonds. The van der Waals surface area contributed by atoms with Gasteiger partial charge in [-0.15, -0.1) is 5.10 Å². The summed E-state index contributed by atoms with van der Waals surface area (Å²) in [4.78, 5) is 23.5. The number of amides is 1. The second-order valence-corrected chi connectivity index (χ2v) is 4.63. The van der Waals surface area contributed by atoms with Crippen molar-refractivity contribution >= 4 is 17.7 Å². The lowest BCUT2D eigenvalue weighted by Gasteiger charge is -2.03. The van der Waals surface area contributed by atoms with Gasteiger partial charge in [0.1, 0.15) is 6.54 Å². The van der Waals surface area contributed by atoms with E-state index in [1.54, 1.807) is 25.1 Å². The number of esters is 1. The summed E-state index contributed by atoms with van der Waals surface area (Å²) in [5.74, 6) is 0.556. The molecule has 3 rings (SSSR count). The van der Waals surface area contributed by atoms with Gasteiger partial charge in [0.15, 0.2) is 17.3 Å². The van der Waals surface area contributed by atoms with E-state index in [2.05, 4.69) is 15.6 Å². The molecule has 0 fully saturated rings. The van der Waals surface area contributed by atoms with Crippen molar-refractivity contribution in [3.05, 3.63) is 30.0 Å². The van der Waals surface area contributed by atoms with Crippen LogP contribution in [0.15, 0.2) is 24.4 Å². The molecule has 23 heavy (non-hydrogen) atoms. The van der Waals surface area contributed by atoms with E-state index in [9.17, 15) is 9.59 Å². The van der Waals surface area contributed by atoms with E-state index in [-0.39, 0.29) is 25.1 Å². The molecule has 0 saturated carbocycles. The second-order valence-electron chi connectivity index (χ2n) is 4.63. The number of fused-ring (bicyclic) bond motifs is 1. The maximum Gasteiger partial charge on any atom is 0.327 e. The van der Waals surface area contributed by atoms with Gasteiger partial charge in [-0.05, 0) is 25.1 Å². The SMILES string of the molecule is CCOC(=O)Cn1cc(NC(=O)c2ccc3c(c2)OCO3)nn1. The summed E-state index contributed by atoms with van der Waals surface area (Å²) in [6, 6.07) is 4.86. The highest BCUT2D eigenvalue weighted by Gasteiger charge is 2.17. The third-order valence-electron chi connectivity index (χ3n) is 3.01. The van der Waals surface area contributed by atoms with Crippen molar-refractivity contribution in [2.24, 2.45) is 0 Å². The number of hydrogen-bond acceptors (Lipinski definition) is 7. The molecule has 1 N–H and O–H groups in total. The van der Waals surface area contributed by atoms with Crippen LogP contribution in [0.25, 0.3) is 0 Å². The first-order chi connectivity index (χ1) is 11.2. The number of carbonyl (C=O) groups is 2. The Bertz CT molecular complexity index is 743. The third-order valence-corrected chi connectivity index (χ3v) is 3.01. The van der Waals surface area contributed by atoms with Gasteiger partial charge in [-0.1, -0.05) is 5.21 Å². The van der Waals surface area contributed by atoms with Crippen LogP contribution in [-0.2, 0) is 16.1 Å². The highest BCUT2D eigenvalue weighted by atomic mass is 16.7. The Morgan fingerprint density at radius 3 is 3.00 bits per heavy atom. The largest absolute Gasteiger partial charge is 0.465 e. The van der Waals surface area contributed by atoms with E-state index in [0.717, 1.165) is 0 Å². The molecule has 0 unspecified atom stereocenters. The minimum Gasteiger partial charge on any atom is -0.465 e. The second kappa shape index (κ2) is 6.34. The third kappa shape index (κ3) is 3.39. The molecule has 9 nitrogen and oxygen atoms in total. The van der Waals surface area contributed by atoms with Crippen LogP contribution in [-0.4, -0.2) is 40.3 Å². The fraction of sp³-hybridized carbons (Fsp3) is 0.286. The predicted molar refractivity (Wildman–Crippen MR) is 77.2 cm³/mol. The lowest BCUT2D eigenvalue weighted by molar-refractivity contribution is -0.144. The van der Waals surface area contributed by atoms with Crippen molar-refractivity contribution in [3.8, 4) is 11.5 Å². The number of benzene rings is 1. The van der Waals surface area contributed by atoms with Crippen molar-refractivity contribution in [3.63, 3.8) is 0 Å². The van der Waals surface area contributed by atoms with E-state index in [1.807, 2.05) is 0 Å². The van der Waals surface area contributed by atoms with E-state index in [1.165, 1.54) is 10.9 Å². The van der Waals surface area contributed by atoms with E-state index < -0.39 is 5.97 Å². The molecule has 0 radical (unpaired) electrons. The smallest absolute Gasteiger partial charge is 0.327 e. The Morgan fingerprint density at radius 1 is 1.35 bits per heavy atom. The quantitative estimate of drug-likeness (QED) is 0.814. The minimum atomic E-state index is -0.425. The number of nitrogens with one attached hydrogen (secondary N) is 1. The Kier molecular flexibility index (Phi) is 4.09. The number of anilines is 1. The summed E-state index contributed by atoms with van der Waals surface area (Å²) in [5, 5.41) is 10.1. The van der Waals surface area contributed by atoms with E-state index in [4.69, 9.17) is 14.2 Å². The summed E-state index contributed by atoms with van der Waals surface area (Å²) < 4.78 is 16.5. The summed E-state index contributed by atoms with van der Waals surface area (Å²) in [5.41, 5.74) is 0.397. The number of hydrogen-bond donors (Lipinski definition) is 1. The molecular formula is C14H14N4O5. The molecule has 9 heteroatoms. The highest BCUT2D eigenvalue weighted by molar-refractivity contribution is 6.04. The topological polar surface area (TPSA) is 105 Å². The van der Waals surface area contributed by atoms with Crippen LogP contribution in [0.1, 0.15) is 17.3 Å². The van der Waals surface area contributed by atoms with Gasteiger partial charge in [0, 0.05) is 5.56 Å². The standard InChI is InChI=1S/C14H14N4O5/c1-2-21-13(19)7-18-6-12(16-17-18)15-14(20)9-3-4-10-11(5-9)23-8-22-10/h3-6H,2,7-8H2,1H3,(H,15,20). The van der Waals surface area contributed by atoms with Gasteiger partial charge in [0.05, 0.1) is 12.8 Å². The molecule has 1 aromatic carbocycles. The molecular weight excluding hydrogens is 304 g/mol. The van der Waals surface area contributed by atoms with Gasteiger partial charge in [-0.3, -0.25) is 9.59 Å². The normalized spacial score (nSPS) is 12.0. The number of nitrogens with zero attached hydrogens (tertiary/aromatic N) is 3. The maximum absolute atomic E-state index is 12.2. The van der Waals surface area contributed by atoms with Crippen molar-refractivity contribution < 1.29 is 23.8 Å². The number of aromatic nitrogens is 3. The summed E-state index contributed by atoms with van der Waals surface area (Å²) in [6.45, 7) is 2.08. The van der Waals surface area contributed by atoms with E-state index in [0.29, 0.717) is 23.7 Å². The molecule has 2 heterocycles. The van der Waals surface area contributed by atoms with Gasteiger partial charge >= 0.3 is 5.97 Å². The molecule has 1 aliphatic heterocycles. The first-order valence-corrected chi connectivity index (χ1v) is 6.92. The Morgan fingerprint density at radius 2 is 2.17 bits per heavy atom. The van der Waals surface area contributed by atoms with Crippen LogP contribution in [0.3, 0.4) is 0 Å². The average Bonchev–Trinajstić information content (AvgIpc) is 3.15. The van der Waals surface area contributed by atoms with Crippen molar-refractivity contribution in [2.45, 2.75) is 13.5 Å². The number of rotatable bonds is 5. The molecule has 0 saturated heterocycles. The van der Waals surface area contributed by atoms with Crippen molar-refractivity contribution in [1.82, 2.24) is 15.0 Å². The first kappa shape index (κ1) is 14.8. The van der Waals surface area contributed by atoms with Gasteiger partial charge in [-0.2, -0.15) is 0 Å². The molecule has 2 aromatic rings. The lowest BCUT2D eigenvalue weighted by atomic mass is 10.2. The Labute approximate surface area is 131 Å². The zero-order chi connectivity index (χ0) is 16.2. The van der Waals surface area contributed by atoms with Gasteiger partial charge < -0.3 is 19.5 Å². The first-order valence-electron chi connectivity index (χ1n) is 6.92. The van der Waals surface area contributed by atoms with Gasteiger partial charge in [0.25, 0.3) is 5.91 Å². The fourth-order valence-electron chi connectivity index (χ4n) is 2.00. The van der Waals surface area contributed by atoms with Crippen molar-refractivity contribution in [2.75, 3.05) is 18.7 Å². The average molecular weight is 318 g/mol. The van der Waals surface area contributed by atoms with Crippen LogP contribution in [0.5, 0.6) is 11.5 Å². The van der Waals surface area contributed by atoms with Crippen LogP contribution in [0, 0.1) is 0 Å². The molecule has 0 spiro atoms. The molecule has 0 aliphatic carbocycles. The summed E-state index contributed by atoms with van der Waals surface area (Å²) >= 11 is 0. The van der Waals surface area contributed by atoms with Crippen LogP contribution in [0.4, 0.5) is 5.82 Å². The van der Waals surface area contributed by atoms with Crippen LogP contribution in [0.2, 0.25) is 0 Å². The number of carbonyl (C=O) groups excluding carboxylic acids is 2. The minimum absolute atomic E-state index is 0.0687. The molecule has 1 aromatic heterocycles. The molecule has 0 atom stereocenters. The van der Waals surface area contributed by atoms with Crippen LogP contribution >= 0.6 is 0 Å². The maximum atomic E-state index is 12.2. The Balaban J connectivity index is 1.64. The fourth-order valence-corrected chi connectivity index (χ4v) is 2.00. The number of ether oxygens (including phenoxy) is 3. The molecule has 120 valence electrons. The van der Waals surface area contributed by atoms with E-state index >= 15 is 0 Å². The highest BCUT2D eigenvalue weighted by Crippen LogP contribution is 2.32. The predicted octanol–water partition coefficient (Wildman–Crippen LogP) is 0.822. The van der Waals surface area contributed by atoms with Gasteiger partial charge in [0.2, 0.25) is 6.79 Å². The zero-order valence-electron chi connectivity index (χ0n) is 12.3. The zero-order valence-corrected chi connectivity index (χ0v) is 12.3. The summed E-state index contributed by atoms with van der Waals surface area (Å²) in [7, 11) is 0. The lowest BCUT2D eigenvalue weighted by Crippen LogP contribution is -2.14. The molecule has 0 bridgehead atoms. The Hall–Kier alpha value is -3.10. The van der Waals surface area contributed by atoms with Crippen molar-refractivity contribution in [1.29, 1.82) is 0 Å². The monoisotopic (exact) mass is 318 g/mol. The molecule has 1 aliphatic rings.